The van der Waals surface area contributed by atoms with Crippen molar-refractivity contribution >= 4 is 22.9 Å². The minimum Gasteiger partial charge on any atom is -0.483 e. The molecule has 2 unspecified atom stereocenters. The van der Waals surface area contributed by atoms with E-state index in [0.717, 1.165) is 10.4 Å². The molecule has 2 rings (SSSR count). The Kier molecular flexibility index (Phi) is 4.82. The first-order valence-corrected chi connectivity index (χ1v) is 7.17. The third kappa shape index (κ3) is 3.48. The van der Waals surface area contributed by atoms with E-state index in [4.69, 9.17) is 22.1 Å². The van der Waals surface area contributed by atoms with Gasteiger partial charge in [-0.1, -0.05) is 29.8 Å². The van der Waals surface area contributed by atoms with Gasteiger partial charge in [0, 0.05) is 16.5 Å². The van der Waals surface area contributed by atoms with E-state index in [2.05, 4.69) is 0 Å². The lowest BCUT2D eigenvalue weighted by Gasteiger charge is -2.22. The van der Waals surface area contributed by atoms with Crippen molar-refractivity contribution in [3.8, 4) is 5.75 Å². The zero-order valence-electron chi connectivity index (χ0n) is 10.5. The zero-order chi connectivity index (χ0) is 13.8. The normalized spacial score (nSPS) is 14.1. The molecule has 1 heterocycles. The van der Waals surface area contributed by atoms with Gasteiger partial charge in [0.2, 0.25) is 0 Å². The Hall–Kier alpha value is -1.07. The Balaban J connectivity index is 2.26. The van der Waals surface area contributed by atoms with E-state index in [1.165, 1.54) is 11.3 Å². The summed E-state index contributed by atoms with van der Waals surface area (Å²) in [5.41, 5.74) is 6.74. The third-order valence-corrected chi connectivity index (χ3v) is 4.04. The lowest BCUT2D eigenvalue weighted by atomic mass is 10.1. The van der Waals surface area contributed by atoms with Crippen LogP contribution in [0.25, 0.3) is 0 Å². The van der Waals surface area contributed by atoms with E-state index in [9.17, 15) is 5.11 Å². The Bertz CT molecular complexity index is 542. The van der Waals surface area contributed by atoms with Crippen molar-refractivity contribution in [2.75, 3.05) is 0 Å². The van der Waals surface area contributed by atoms with E-state index in [1.807, 2.05) is 43.3 Å². The van der Waals surface area contributed by atoms with Crippen molar-refractivity contribution in [1.29, 1.82) is 0 Å². The summed E-state index contributed by atoms with van der Waals surface area (Å²) in [5.74, 6) is 0.650. The molecule has 0 radical (unpaired) electrons. The summed E-state index contributed by atoms with van der Waals surface area (Å²) in [4.78, 5) is 0.979. The summed E-state index contributed by atoms with van der Waals surface area (Å²) >= 11 is 7.41. The molecule has 2 atom stereocenters. The summed E-state index contributed by atoms with van der Waals surface area (Å²) in [6, 6.07) is 11.0. The molecule has 0 saturated heterocycles. The molecule has 5 heteroatoms. The molecular formula is C14H16ClNO2S. The molecule has 0 saturated carbocycles. The van der Waals surface area contributed by atoms with Crippen LogP contribution >= 0.6 is 22.9 Å². The highest BCUT2D eigenvalue weighted by molar-refractivity contribution is 7.16. The number of aliphatic hydroxyl groups excluding tert-OH is 1. The predicted octanol–water partition coefficient (Wildman–Crippen LogP) is 3.36. The molecule has 2 aromatic rings. The fraction of sp³-hybridized carbons (Fsp3) is 0.286. The summed E-state index contributed by atoms with van der Waals surface area (Å²) in [5, 5.41) is 9.31. The molecule has 0 bridgehead atoms. The van der Waals surface area contributed by atoms with E-state index in [1.54, 1.807) is 0 Å². The van der Waals surface area contributed by atoms with Gasteiger partial charge in [0.25, 0.3) is 0 Å². The van der Waals surface area contributed by atoms with Gasteiger partial charge in [0.05, 0.1) is 10.9 Å². The SMILES string of the molecule is CC(N)C(Oc1ccccc1CO)c1ccc(Cl)s1. The van der Waals surface area contributed by atoms with E-state index in [-0.39, 0.29) is 18.8 Å². The number of halogens is 1. The third-order valence-electron chi connectivity index (χ3n) is 2.75. The minimum absolute atomic E-state index is 0.0625. The van der Waals surface area contributed by atoms with Gasteiger partial charge < -0.3 is 15.6 Å². The number of hydrogen-bond acceptors (Lipinski definition) is 4. The number of rotatable bonds is 5. The molecule has 19 heavy (non-hydrogen) atoms. The van der Waals surface area contributed by atoms with Crippen LogP contribution in [0.4, 0.5) is 0 Å². The van der Waals surface area contributed by atoms with Gasteiger partial charge in [-0.05, 0) is 25.1 Å². The summed E-state index contributed by atoms with van der Waals surface area (Å²) < 4.78 is 6.67. The van der Waals surface area contributed by atoms with Crippen molar-refractivity contribution < 1.29 is 9.84 Å². The number of thiophene rings is 1. The van der Waals surface area contributed by atoms with Crippen molar-refractivity contribution in [3.63, 3.8) is 0 Å². The summed E-state index contributed by atoms with van der Waals surface area (Å²) in [7, 11) is 0. The minimum atomic E-state index is -0.273. The topological polar surface area (TPSA) is 55.5 Å². The van der Waals surface area contributed by atoms with Crippen LogP contribution in [-0.2, 0) is 6.61 Å². The van der Waals surface area contributed by atoms with Gasteiger partial charge in [-0.15, -0.1) is 11.3 Å². The number of benzene rings is 1. The quantitative estimate of drug-likeness (QED) is 0.890. The van der Waals surface area contributed by atoms with Gasteiger partial charge in [-0.2, -0.15) is 0 Å². The second-order valence-electron chi connectivity index (χ2n) is 4.31. The first-order chi connectivity index (χ1) is 9.11. The molecule has 0 amide bonds. The maximum atomic E-state index is 9.31. The highest BCUT2D eigenvalue weighted by Crippen LogP contribution is 2.33. The molecule has 1 aromatic carbocycles. The zero-order valence-corrected chi connectivity index (χ0v) is 12.1. The van der Waals surface area contributed by atoms with Gasteiger partial charge in [-0.3, -0.25) is 0 Å². The van der Waals surface area contributed by atoms with Crippen LogP contribution in [0.3, 0.4) is 0 Å². The Morgan fingerprint density at radius 1 is 1.32 bits per heavy atom. The Labute approximate surface area is 121 Å². The molecule has 0 fully saturated rings. The first kappa shape index (κ1) is 14.3. The fourth-order valence-electron chi connectivity index (χ4n) is 1.79. The highest BCUT2D eigenvalue weighted by atomic mass is 35.5. The second kappa shape index (κ2) is 6.39. The van der Waals surface area contributed by atoms with Crippen LogP contribution in [0.5, 0.6) is 5.75 Å². The molecule has 0 aliphatic carbocycles. The molecule has 1 aromatic heterocycles. The number of hydrogen-bond donors (Lipinski definition) is 2. The average molecular weight is 298 g/mol. The van der Waals surface area contributed by atoms with Crippen molar-refractivity contribution in [2.24, 2.45) is 5.73 Å². The lowest BCUT2D eigenvalue weighted by Crippen LogP contribution is -2.28. The van der Waals surface area contributed by atoms with Crippen molar-refractivity contribution in [1.82, 2.24) is 0 Å². The van der Waals surface area contributed by atoms with E-state index < -0.39 is 0 Å². The Morgan fingerprint density at radius 2 is 2.05 bits per heavy atom. The van der Waals surface area contributed by atoms with Crippen LogP contribution in [0.2, 0.25) is 4.34 Å². The largest absolute Gasteiger partial charge is 0.483 e. The molecular weight excluding hydrogens is 282 g/mol. The number of ether oxygens (including phenoxy) is 1. The maximum absolute atomic E-state index is 9.31. The van der Waals surface area contributed by atoms with Crippen LogP contribution < -0.4 is 10.5 Å². The van der Waals surface area contributed by atoms with Crippen molar-refractivity contribution in [3.05, 3.63) is 51.2 Å². The number of para-hydroxylation sites is 1. The Morgan fingerprint density at radius 3 is 2.63 bits per heavy atom. The second-order valence-corrected chi connectivity index (χ2v) is 6.05. The van der Waals surface area contributed by atoms with Gasteiger partial charge in [0.15, 0.2) is 0 Å². The highest BCUT2D eigenvalue weighted by Gasteiger charge is 2.21. The van der Waals surface area contributed by atoms with E-state index in [0.29, 0.717) is 10.1 Å². The first-order valence-electron chi connectivity index (χ1n) is 5.98. The maximum Gasteiger partial charge on any atom is 0.148 e. The number of nitrogens with two attached hydrogens (primary N) is 1. The van der Waals surface area contributed by atoms with Crippen LogP contribution in [0.15, 0.2) is 36.4 Å². The van der Waals surface area contributed by atoms with Crippen molar-refractivity contribution in [2.45, 2.75) is 25.7 Å². The number of aliphatic hydroxyl groups is 1. The van der Waals surface area contributed by atoms with Gasteiger partial charge in [-0.25, -0.2) is 0 Å². The standard InChI is InChI=1S/C14H16ClNO2S/c1-9(16)14(12-6-7-13(15)19-12)18-11-5-3-2-4-10(11)8-17/h2-7,9,14,17H,8,16H2,1H3. The molecule has 102 valence electrons. The molecule has 3 N–H and O–H groups in total. The van der Waals surface area contributed by atoms with E-state index >= 15 is 0 Å². The van der Waals surface area contributed by atoms with Crippen LogP contribution in [0.1, 0.15) is 23.5 Å². The molecule has 0 aliphatic heterocycles. The predicted molar refractivity (Wildman–Crippen MR) is 78.7 cm³/mol. The molecule has 3 nitrogen and oxygen atoms in total. The fourth-order valence-corrected chi connectivity index (χ4v) is 3.00. The van der Waals surface area contributed by atoms with Crippen LogP contribution in [0, 0.1) is 0 Å². The average Bonchev–Trinajstić information content (AvgIpc) is 2.82. The van der Waals surface area contributed by atoms with Gasteiger partial charge >= 0.3 is 0 Å². The summed E-state index contributed by atoms with van der Waals surface area (Å²) in [6.07, 6.45) is -0.273. The monoisotopic (exact) mass is 297 g/mol. The van der Waals surface area contributed by atoms with Gasteiger partial charge in [0.1, 0.15) is 11.9 Å². The smallest absolute Gasteiger partial charge is 0.148 e. The lowest BCUT2D eigenvalue weighted by molar-refractivity contribution is 0.176. The molecule has 0 spiro atoms. The molecule has 0 aliphatic rings. The van der Waals surface area contributed by atoms with Crippen LogP contribution in [-0.4, -0.2) is 11.1 Å². The summed E-state index contributed by atoms with van der Waals surface area (Å²) in [6.45, 7) is 1.83.